The molecule has 0 aliphatic carbocycles. The molecule has 1 fully saturated rings. The minimum absolute atomic E-state index is 0.183. The minimum Gasteiger partial charge on any atom is -0.394 e. The van der Waals surface area contributed by atoms with E-state index in [1.165, 1.54) is 5.56 Å². The summed E-state index contributed by atoms with van der Waals surface area (Å²) in [5.74, 6) is 1.03. The Morgan fingerprint density at radius 2 is 1.85 bits per heavy atom. The SMILES string of the molecule is OCC(O)CN1CCC(c2ccc(Nc3ncc4ccc(-c5cccc(Cl)c5)n4n3)cc2)CC1. The first kappa shape index (κ1) is 22.8. The molecular weight excluding hydrogens is 450 g/mol. The van der Waals surface area contributed by atoms with Gasteiger partial charge in [0.2, 0.25) is 5.95 Å². The monoisotopic (exact) mass is 477 g/mol. The van der Waals surface area contributed by atoms with Crippen LogP contribution in [0.5, 0.6) is 0 Å². The summed E-state index contributed by atoms with van der Waals surface area (Å²) in [5.41, 5.74) is 5.12. The zero-order valence-electron chi connectivity index (χ0n) is 18.8. The lowest BCUT2D eigenvalue weighted by Gasteiger charge is -2.33. The van der Waals surface area contributed by atoms with Crippen molar-refractivity contribution in [1.29, 1.82) is 0 Å². The third kappa shape index (κ3) is 5.08. The summed E-state index contributed by atoms with van der Waals surface area (Å²) in [6.45, 7) is 2.22. The van der Waals surface area contributed by atoms with E-state index in [2.05, 4.69) is 39.5 Å². The standard InChI is InChI=1S/C26H28ClN5O2/c27-21-3-1-2-20(14-21)25-9-8-23-15-28-26(30-32(23)25)29-22-6-4-18(5-7-22)19-10-12-31(13-11-19)16-24(34)17-33/h1-9,14-15,19,24,33-34H,10-13,16-17H2,(H,29,30). The number of fused-ring (bicyclic) bond motifs is 1. The Kier molecular flexibility index (Phi) is 6.78. The molecule has 34 heavy (non-hydrogen) atoms. The van der Waals surface area contributed by atoms with Gasteiger partial charge in [-0.15, -0.1) is 5.10 Å². The molecule has 1 atom stereocenters. The first-order chi connectivity index (χ1) is 16.6. The number of aliphatic hydroxyl groups excluding tert-OH is 2. The van der Waals surface area contributed by atoms with Crippen molar-refractivity contribution in [2.24, 2.45) is 0 Å². The van der Waals surface area contributed by atoms with Crippen LogP contribution in [0.25, 0.3) is 16.8 Å². The number of nitrogens with one attached hydrogen (secondary N) is 1. The molecule has 3 heterocycles. The van der Waals surface area contributed by atoms with Crippen molar-refractivity contribution in [1.82, 2.24) is 19.5 Å². The third-order valence-corrected chi connectivity index (χ3v) is 6.66. The van der Waals surface area contributed by atoms with Crippen LogP contribution in [0.15, 0.2) is 66.9 Å². The quantitative estimate of drug-likeness (QED) is 0.367. The Bertz CT molecular complexity index is 1250. The molecule has 0 saturated carbocycles. The highest BCUT2D eigenvalue weighted by molar-refractivity contribution is 6.30. The van der Waals surface area contributed by atoms with Gasteiger partial charge in [0, 0.05) is 22.8 Å². The average Bonchev–Trinajstić information content (AvgIpc) is 3.28. The lowest BCUT2D eigenvalue weighted by atomic mass is 9.89. The van der Waals surface area contributed by atoms with Crippen LogP contribution in [0.1, 0.15) is 24.3 Å². The zero-order chi connectivity index (χ0) is 23.5. The van der Waals surface area contributed by atoms with Gasteiger partial charge < -0.3 is 20.4 Å². The minimum atomic E-state index is -0.656. The van der Waals surface area contributed by atoms with Crippen molar-refractivity contribution in [2.45, 2.75) is 24.9 Å². The number of halogens is 1. The number of piperidine rings is 1. The highest BCUT2D eigenvalue weighted by Crippen LogP contribution is 2.29. The van der Waals surface area contributed by atoms with Gasteiger partial charge in [-0.3, -0.25) is 0 Å². The van der Waals surface area contributed by atoms with E-state index in [1.807, 2.05) is 40.9 Å². The van der Waals surface area contributed by atoms with Gasteiger partial charge in [0.05, 0.1) is 30.1 Å². The second-order valence-electron chi connectivity index (χ2n) is 8.81. The maximum atomic E-state index is 9.66. The molecule has 176 valence electrons. The van der Waals surface area contributed by atoms with Crippen molar-refractivity contribution >= 4 is 28.8 Å². The second-order valence-corrected chi connectivity index (χ2v) is 9.24. The van der Waals surface area contributed by atoms with Crippen molar-refractivity contribution in [3.05, 3.63) is 77.4 Å². The van der Waals surface area contributed by atoms with Gasteiger partial charge in [0.1, 0.15) is 0 Å². The van der Waals surface area contributed by atoms with Gasteiger partial charge in [0.25, 0.3) is 0 Å². The molecule has 1 unspecified atom stereocenters. The molecule has 0 radical (unpaired) electrons. The Morgan fingerprint density at radius 3 is 2.59 bits per heavy atom. The highest BCUT2D eigenvalue weighted by atomic mass is 35.5. The fraction of sp³-hybridized carbons (Fsp3) is 0.308. The fourth-order valence-corrected chi connectivity index (χ4v) is 4.79. The summed E-state index contributed by atoms with van der Waals surface area (Å²) < 4.78 is 1.87. The van der Waals surface area contributed by atoms with E-state index in [0.717, 1.165) is 48.4 Å². The maximum absolute atomic E-state index is 9.66. The number of hydrogen-bond acceptors (Lipinski definition) is 6. The van der Waals surface area contributed by atoms with E-state index in [1.54, 1.807) is 6.20 Å². The van der Waals surface area contributed by atoms with Crippen LogP contribution >= 0.6 is 11.6 Å². The van der Waals surface area contributed by atoms with Crippen LogP contribution in [0, 0.1) is 0 Å². The van der Waals surface area contributed by atoms with Gasteiger partial charge >= 0.3 is 0 Å². The highest BCUT2D eigenvalue weighted by Gasteiger charge is 2.22. The second kappa shape index (κ2) is 10.1. The van der Waals surface area contributed by atoms with Gasteiger partial charge in [-0.05, 0) is 73.8 Å². The van der Waals surface area contributed by atoms with Gasteiger partial charge in [-0.1, -0.05) is 35.9 Å². The average molecular weight is 478 g/mol. The van der Waals surface area contributed by atoms with Crippen LogP contribution in [0.2, 0.25) is 5.02 Å². The molecule has 1 aliphatic rings. The Morgan fingerprint density at radius 1 is 1.06 bits per heavy atom. The summed E-state index contributed by atoms with van der Waals surface area (Å²) >= 11 is 6.18. The van der Waals surface area contributed by atoms with Crippen LogP contribution in [0.3, 0.4) is 0 Å². The predicted octanol–water partition coefficient (Wildman–Crippen LogP) is 4.33. The van der Waals surface area contributed by atoms with Crippen LogP contribution < -0.4 is 5.32 Å². The molecule has 5 rings (SSSR count). The number of aliphatic hydroxyl groups is 2. The molecule has 7 nitrogen and oxygen atoms in total. The van der Waals surface area contributed by atoms with E-state index in [-0.39, 0.29) is 6.61 Å². The zero-order valence-corrected chi connectivity index (χ0v) is 19.6. The number of β-amino-alcohol motifs (C(OH)–C–C–N with tert-alkyl or cyclic N) is 1. The molecule has 1 saturated heterocycles. The molecule has 4 aromatic rings. The lowest BCUT2D eigenvalue weighted by Crippen LogP contribution is -2.39. The molecule has 8 heteroatoms. The van der Waals surface area contributed by atoms with E-state index in [9.17, 15) is 5.11 Å². The molecule has 3 N–H and O–H groups in total. The molecule has 0 bridgehead atoms. The number of likely N-dealkylation sites (tertiary alicyclic amines) is 1. The van der Waals surface area contributed by atoms with Gasteiger partial charge in [-0.2, -0.15) is 0 Å². The summed E-state index contributed by atoms with van der Waals surface area (Å²) in [6.07, 6.45) is 3.24. The first-order valence-corrected chi connectivity index (χ1v) is 12.0. The largest absolute Gasteiger partial charge is 0.394 e. The number of benzene rings is 2. The normalized spacial score (nSPS) is 16.1. The number of aromatic nitrogens is 3. The van der Waals surface area contributed by atoms with Crippen molar-refractivity contribution in [3.63, 3.8) is 0 Å². The molecule has 2 aromatic heterocycles. The summed E-state index contributed by atoms with van der Waals surface area (Å²) in [4.78, 5) is 6.69. The van der Waals surface area contributed by atoms with E-state index in [0.29, 0.717) is 23.4 Å². The summed E-state index contributed by atoms with van der Waals surface area (Å²) in [6, 6.07) is 20.2. The maximum Gasteiger partial charge on any atom is 0.245 e. The van der Waals surface area contributed by atoms with Crippen LogP contribution in [0.4, 0.5) is 11.6 Å². The van der Waals surface area contributed by atoms with E-state index < -0.39 is 6.10 Å². The Hall–Kier alpha value is -2.97. The number of rotatable bonds is 7. The van der Waals surface area contributed by atoms with Crippen LogP contribution in [-0.4, -0.2) is 62.1 Å². The van der Waals surface area contributed by atoms with Gasteiger partial charge in [-0.25, -0.2) is 9.50 Å². The number of hydrogen-bond donors (Lipinski definition) is 3. The van der Waals surface area contributed by atoms with Crippen molar-refractivity contribution in [2.75, 3.05) is 31.6 Å². The molecule has 0 spiro atoms. The molecule has 0 amide bonds. The molecule has 2 aromatic carbocycles. The van der Waals surface area contributed by atoms with Gasteiger partial charge in [0.15, 0.2) is 0 Å². The summed E-state index contributed by atoms with van der Waals surface area (Å²) in [7, 11) is 0. The lowest BCUT2D eigenvalue weighted by molar-refractivity contribution is 0.0513. The number of nitrogens with zero attached hydrogens (tertiary/aromatic N) is 4. The van der Waals surface area contributed by atoms with E-state index in [4.69, 9.17) is 21.8 Å². The van der Waals surface area contributed by atoms with E-state index >= 15 is 0 Å². The van der Waals surface area contributed by atoms with Crippen molar-refractivity contribution in [3.8, 4) is 11.3 Å². The van der Waals surface area contributed by atoms with Crippen LogP contribution in [-0.2, 0) is 0 Å². The van der Waals surface area contributed by atoms with Crippen molar-refractivity contribution < 1.29 is 10.2 Å². The molecular formula is C26H28ClN5O2. The Labute approximate surface area is 203 Å². The fourth-order valence-electron chi connectivity index (χ4n) is 4.60. The summed E-state index contributed by atoms with van der Waals surface area (Å²) in [5, 5.41) is 27.4. The number of anilines is 2. The predicted molar refractivity (Wildman–Crippen MR) is 135 cm³/mol. The smallest absolute Gasteiger partial charge is 0.245 e. The third-order valence-electron chi connectivity index (χ3n) is 6.42. The molecule has 1 aliphatic heterocycles. The Balaban J connectivity index is 1.26. The first-order valence-electron chi connectivity index (χ1n) is 11.6. The topological polar surface area (TPSA) is 85.9 Å².